The standard InChI is InChI=1S/C11H14N2OS/c1-2-12-11(15)8-13-14-9-10-6-4-3-5-7-10/h3-8H,2,9H2,1H3,(H,12,15)/b13-8-. The molecule has 0 aliphatic carbocycles. The number of nitrogens with one attached hydrogen (secondary N) is 1. The van der Waals surface area contributed by atoms with Gasteiger partial charge in [-0.25, -0.2) is 0 Å². The molecule has 4 heteroatoms. The third kappa shape index (κ3) is 5.12. The minimum Gasteiger partial charge on any atom is -0.391 e. The smallest absolute Gasteiger partial charge is 0.142 e. The van der Waals surface area contributed by atoms with Crippen molar-refractivity contribution < 1.29 is 4.84 Å². The largest absolute Gasteiger partial charge is 0.391 e. The van der Waals surface area contributed by atoms with Crippen LogP contribution in [0.4, 0.5) is 0 Å². The van der Waals surface area contributed by atoms with Crippen LogP contribution in [0.15, 0.2) is 35.5 Å². The molecular weight excluding hydrogens is 208 g/mol. The fourth-order valence-electron chi connectivity index (χ4n) is 0.991. The lowest BCUT2D eigenvalue weighted by Crippen LogP contribution is -2.21. The van der Waals surface area contributed by atoms with Crippen molar-refractivity contribution >= 4 is 23.4 Å². The van der Waals surface area contributed by atoms with Crippen LogP contribution in [0.25, 0.3) is 0 Å². The van der Waals surface area contributed by atoms with Gasteiger partial charge < -0.3 is 10.2 Å². The molecule has 3 nitrogen and oxygen atoms in total. The summed E-state index contributed by atoms with van der Waals surface area (Å²) in [6.07, 6.45) is 1.50. The Morgan fingerprint density at radius 3 is 2.87 bits per heavy atom. The Bertz CT molecular complexity index is 325. The average molecular weight is 222 g/mol. The van der Waals surface area contributed by atoms with Gasteiger partial charge in [-0.05, 0) is 12.5 Å². The Morgan fingerprint density at radius 1 is 1.47 bits per heavy atom. The molecular formula is C11H14N2OS. The van der Waals surface area contributed by atoms with Gasteiger partial charge in [0.15, 0.2) is 0 Å². The fourth-order valence-corrected chi connectivity index (χ4v) is 1.18. The highest BCUT2D eigenvalue weighted by Gasteiger charge is 1.90. The molecule has 0 saturated heterocycles. The second kappa shape index (κ2) is 6.95. The van der Waals surface area contributed by atoms with Crippen molar-refractivity contribution in [3.8, 4) is 0 Å². The van der Waals surface area contributed by atoms with E-state index in [0.29, 0.717) is 11.6 Å². The number of rotatable bonds is 5. The van der Waals surface area contributed by atoms with Crippen molar-refractivity contribution in [1.82, 2.24) is 5.32 Å². The molecule has 0 unspecified atom stereocenters. The summed E-state index contributed by atoms with van der Waals surface area (Å²) >= 11 is 4.94. The van der Waals surface area contributed by atoms with Crippen molar-refractivity contribution in [1.29, 1.82) is 0 Å². The molecule has 0 spiro atoms. The van der Waals surface area contributed by atoms with Crippen molar-refractivity contribution in [2.24, 2.45) is 5.16 Å². The van der Waals surface area contributed by atoms with E-state index in [2.05, 4.69) is 10.5 Å². The molecule has 0 amide bonds. The van der Waals surface area contributed by atoms with E-state index in [0.717, 1.165) is 12.1 Å². The van der Waals surface area contributed by atoms with E-state index in [-0.39, 0.29) is 0 Å². The Labute approximate surface area is 95.1 Å². The maximum Gasteiger partial charge on any atom is 0.142 e. The predicted octanol–water partition coefficient (Wildman–Crippen LogP) is 2.13. The molecule has 0 atom stereocenters. The lowest BCUT2D eigenvalue weighted by molar-refractivity contribution is 0.132. The molecule has 1 N–H and O–H groups in total. The molecule has 1 rings (SSSR count). The maximum absolute atomic E-state index is 5.08. The van der Waals surface area contributed by atoms with Gasteiger partial charge in [0.05, 0.1) is 0 Å². The van der Waals surface area contributed by atoms with Crippen LogP contribution >= 0.6 is 12.2 Å². The fraction of sp³-hybridized carbons (Fsp3) is 0.273. The number of hydrogen-bond acceptors (Lipinski definition) is 3. The molecule has 1 aromatic carbocycles. The molecule has 80 valence electrons. The Balaban J connectivity index is 2.24. The zero-order chi connectivity index (χ0) is 10.9. The van der Waals surface area contributed by atoms with Gasteiger partial charge >= 0.3 is 0 Å². The van der Waals surface area contributed by atoms with Crippen LogP contribution in [0.5, 0.6) is 0 Å². The molecule has 0 saturated carbocycles. The first-order valence-corrected chi connectivity index (χ1v) is 5.21. The Kier molecular flexibility index (Phi) is 5.40. The van der Waals surface area contributed by atoms with Crippen LogP contribution < -0.4 is 5.32 Å². The normalized spacial score (nSPS) is 10.2. The van der Waals surface area contributed by atoms with Crippen LogP contribution in [0, 0.1) is 0 Å². The molecule has 0 bridgehead atoms. The van der Waals surface area contributed by atoms with Crippen molar-refractivity contribution in [2.75, 3.05) is 6.54 Å². The van der Waals surface area contributed by atoms with Crippen molar-refractivity contribution in [2.45, 2.75) is 13.5 Å². The molecule has 1 aromatic rings. The van der Waals surface area contributed by atoms with E-state index in [1.807, 2.05) is 37.3 Å². The summed E-state index contributed by atoms with van der Waals surface area (Å²) in [6.45, 7) is 3.24. The van der Waals surface area contributed by atoms with Gasteiger partial charge in [0, 0.05) is 6.54 Å². The summed E-state index contributed by atoms with van der Waals surface area (Å²) in [5, 5.41) is 6.70. The highest BCUT2D eigenvalue weighted by molar-refractivity contribution is 7.81. The third-order valence-corrected chi connectivity index (χ3v) is 1.92. The minimum atomic E-state index is 0.464. The quantitative estimate of drug-likeness (QED) is 0.471. The first-order valence-electron chi connectivity index (χ1n) is 4.80. The molecule has 0 aromatic heterocycles. The SMILES string of the molecule is CCNC(=S)/C=N\OCc1ccccc1. The van der Waals surface area contributed by atoms with Crippen LogP contribution in [0.3, 0.4) is 0 Å². The topological polar surface area (TPSA) is 33.6 Å². The molecule has 0 radical (unpaired) electrons. The zero-order valence-corrected chi connectivity index (χ0v) is 9.46. The van der Waals surface area contributed by atoms with Crippen LogP contribution in [0.1, 0.15) is 12.5 Å². The van der Waals surface area contributed by atoms with Crippen LogP contribution in [-0.4, -0.2) is 17.7 Å². The van der Waals surface area contributed by atoms with E-state index in [9.17, 15) is 0 Å². The van der Waals surface area contributed by atoms with Crippen molar-refractivity contribution in [3.05, 3.63) is 35.9 Å². The van der Waals surface area contributed by atoms with Gasteiger partial charge in [-0.3, -0.25) is 0 Å². The molecule has 0 aliphatic heterocycles. The van der Waals surface area contributed by atoms with Gasteiger partial charge in [0.25, 0.3) is 0 Å². The number of oxime groups is 1. The zero-order valence-electron chi connectivity index (χ0n) is 8.64. The van der Waals surface area contributed by atoms with E-state index >= 15 is 0 Å². The number of hydrogen-bond donors (Lipinski definition) is 1. The second-order valence-electron chi connectivity index (χ2n) is 2.89. The molecule has 0 heterocycles. The van der Waals surface area contributed by atoms with E-state index in [1.165, 1.54) is 6.21 Å². The van der Waals surface area contributed by atoms with Gasteiger partial charge in [0.1, 0.15) is 17.8 Å². The van der Waals surface area contributed by atoms with E-state index in [4.69, 9.17) is 17.1 Å². The summed E-state index contributed by atoms with van der Waals surface area (Å²) < 4.78 is 0. The molecule has 0 fully saturated rings. The number of thiocarbonyl (C=S) groups is 1. The van der Waals surface area contributed by atoms with Crippen LogP contribution in [-0.2, 0) is 11.4 Å². The van der Waals surface area contributed by atoms with Gasteiger partial charge in [0.2, 0.25) is 0 Å². The average Bonchev–Trinajstić information content (AvgIpc) is 2.26. The number of benzene rings is 1. The Morgan fingerprint density at radius 2 is 2.20 bits per heavy atom. The van der Waals surface area contributed by atoms with Gasteiger partial charge in [-0.15, -0.1) is 0 Å². The first-order chi connectivity index (χ1) is 7.33. The Hall–Kier alpha value is -1.42. The summed E-state index contributed by atoms with van der Waals surface area (Å²) in [6, 6.07) is 9.86. The summed E-state index contributed by atoms with van der Waals surface area (Å²) in [4.78, 5) is 5.67. The maximum atomic E-state index is 5.08. The van der Waals surface area contributed by atoms with Crippen molar-refractivity contribution in [3.63, 3.8) is 0 Å². The molecule has 15 heavy (non-hydrogen) atoms. The predicted molar refractivity (Wildman–Crippen MR) is 66.0 cm³/mol. The summed E-state index contributed by atoms with van der Waals surface area (Å²) in [7, 11) is 0. The van der Waals surface area contributed by atoms with Crippen LogP contribution in [0.2, 0.25) is 0 Å². The lowest BCUT2D eigenvalue weighted by atomic mass is 10.2. The lowest BCUT2D eigenvalue weighted by Gasteiger charge is -2.00. The third-order valence-electron chi connectivity index (χ3n) is 1.67. The monoisotopic (exact) mass is 222 g/mol. The van der Waals surface area contributed by atoms with E-state index < -0.39 is 0 Å². The minimum absolute atomic E-state index is 0.464. The molecule has 0 aliphatic rings. The van der Waals surface area contributed by atoms with E-state index in [1.54, 1.807) is 0 Å². The summed E-state index contributed by atoms with van der Waals surface area (Å²) in [5.41, 5.74) is 1.09. The second-order valence-corrected chi connectivity index (χ2v) is 3.33. The highest BCUT2D eigenvalue weighted by atomic mass is 32.1. The highest BCUT2D eigenvalue weighted by Crippen LogP contribution is 1.99. The summed E-state index contributed by atoms with van der Waals surface area (Å²) in [5.74, 6) is 0. The van der Waals surface area contributed by atoms with Gasteiger partial charge in [-0.1, -0.05) is 47.7 Å². The first kappa shape index (κ1) is 11.7. The number of nitrogens with zero attached hydrogens (tertiary/aromatic N) is 1. The van der Waals surface area contributed by atoms with Gasteiger partial charge in [-0.2, -0.15) is 0 Å².